The van der Waals surface area contributed by atoms with Crippen LogP contribution in [-0.4, -0.2) is 43.1 Å². The number of methoxy groups -OCH3 is 2. The number of ether oxygens (including phenoxy) is 2. The molecule has 0 heterocycles. The van der Waals surface area contributed by atoms with Gasteiger partial charge in [-0.15, -0.1) is 0 Å². The second-order valence-electron chi connectivity index (χ2n) is 5.69. The van der Waals surface area contributed by atoms with E-state index in [1.165, 1.54) is 32.4 Å². The maximum absolute atomic E-state index is 12.8. The first kappa shape index (κ1) is 20.2. The van der Waals surface area contributed by atoms with Crippen LogP contribution in [0.2, 0.25) is 0 Å². The average Bonchev–Trinajstić information content (AvgIpc) is 2.60. The predicted octanol–water partition coefficient (Wildman–Crippen LogP) is 1.77. The second-order valence-corrected chi connectivity index (χ2v) is 9.59. The molecule has 0 bridgehead atoms. The van der Waals surface area contributed by atoms with E-state index in [0.29, 0.717) is 11.3 Å². The van der Waals surface area contributed by atoms with Gasteiger partial charge in [-0.1, -0.05) is 30.3 Å². The highest BCUT2D eigenvalue weighted by Crippen LogP contribution is 2.30. The van der Waals surface area contributed by atoms with Gasteiger partial charge in [-0.3, -0.25) is 0 Å². The highest BCUT2D eigenvalue weighted by atomic mass is 32.2. The van der Waals surface area contributed by atoms with Crippen LogP contribution in [0.5, 0.6) is 11.5 Å². The lowest BCUT2D eigenvalue weighted by Crippen LogP contribution is -2.33. The minimum atomic E-state index is -3.99. The number of hydrogen-bond acceptors (Lipinski definition) is 6. The standard InChI is InChI=1S/C17H21NO6S2/c1-23-16-10-9-14(11-17(16)24-2)26(21,22)18-15(12-25(3,19)20)13-7-5-4-6-8-13/h4-11,15,18H,12H2,1-3H3/t15-/m0/s1. The van der Waals surface area contributed by atoms with Crippen molar-refractivity contribution >= 4 is 19.9 Å². The van der Waals surface area contributed by atoms with E-state index in [0.717, 1.165) is 6.26 Å². The molecule has 9 heteroatoms. The van der Waals surface area contributed by atoms with Crippen molar-refractivity contribution < 1.29 is 26.3 Å². The van der Waals surface area contributed by atoms with Gasteiger partial charge in [-0.25, -0.2) is 21.6 Å². The maximum Gasteiger partial charge on any atom is 0.241 e. The van der Waals surface area contributed by atoms with E-state index in [9.17, 15) is 16.8 Å². The minimum absolute atomic E-state index is 0.0513. The van der Waals surface area contributed by atoms with Crippen molar-refractivity contribution in [2.24, 2.45) is 0 Å². The Balaban J connectivity index is 2.40. The van der Waals surface area contributed by atoms with Crippen molar-refractivity contribution in [3.63, 3.8) is 0 Å². The molecule has 0 spiro atoms. The smallest absolute Gasteiger partial charge is 0.241 e. The Morgan fingerprint density at radius 3 is 2.08 bits per heavy atom. The Kier molecular flexibility index (Phi) is 6.27. The summed E-state index contributed by atoms with van der Waals surface area (Å²) in [5.41, 5.74) is 0.557. The van der Waals surface area contributed by atoms with Gasteiger partial charge in [0.05, 0.1) is 30.9 Å². The molecule has 0 aliphatic carbocycles. The van der Waals surface area contributed by atoms with Crippen molar-refractivity contribution in [2.45, 2.75) is 10.9 Å². The van der Waals surface area contributed by atoms with Crippen LogP contribution in [0.15, 0.2) is 53.4 Å². The summed E-state index contributed by atoms with van der Waals surface area (Å²) in [7, 11) is -4.56. The van der Waals surface area contributed by atoms with Crippen molar-refractivity contribution in [1.82, 2.24) is 4.72 Å². The molecule has 26 heavy (non-hydrogen) atoms. The van der Waals surface area contributed by atoms with Gasteiger partial charge in [0.1, 0.15) is 9.84 Å². The van der Waals surface area contributed by atoms with E-state index in [2.05, 4.69) is 4.72 Å². The first-order valence-corrected chi connectivity index (χ1v) is 11.2. The van der Waals surface area contributed by atoms with Crippen LogP contribution in [-0.2, 0) is 19.9 Å². The fourth-order valence-corrected chi connectivity index (χ4v) is 4.65. The van der Waals surface area contributed by atoms with E-state index in [1.54, 1.807) is 30.3 Å². The Morgan fingerprint density at radius 1 is 0.923 bits per heavy atom. The van der Waals surface area contributed by atoms with Gasteiger partial charge >= 0.3 is 0 Å². The Bertz CT molecular complexity index is 956. The summed E-state index contributed by atoms with van der Waals surface area (Å²) in [5.74, 6) is 0.292. The van der Waals surface area contributed by atoms with E-state index in [1.807, 2.05) is 0 Å². The van der Waals surface area contributed by atoms with Crippen LogP contribution in [0, 0.1) is 0 Å². The first-order valence-electron chi connectivity index (χ1n) is 7.63. The molecule has 1 N–H and O–H groups in total. The molecule has 0 saturated carbocycles. The van der Waals surface area contributed by atoms with Crippen LogP contribution < -0.4 is 14.2 Å². The third kappa shape index (κ3) is 5.20. The lowest BCUT2D eigenvalue weighted by Gasteiger charge is -2.19. The fourth-order valence-electron chi connectivity index (χ4n) is 2.43. The topological polar surface area (TPSA) is 98.8 Å². The zero-order valence-electron chi connectivity index (χ0n) is 14.7. The van der Waals surface area contributed by atoms with Crippen LogP contribution in [0.4, 0.5) is 0 Å². The van der Waals surface area contributed by atoms with E-state index >= 15 is 0 Å². The van der Waals surface area contributed by atoms with Crippen molar-refractivity contribution in [3.8, 4) is 11.5 Å². The third-order valence-corrected chi connectivity index (χ3v) is 6.04. The molecule has 0 fully saturated rings. The Labute approximate surface area is 153 Å². The van der Waals surface area contributed by atoms with E-state index < -0.39 is 25.9 Å². The number of hydrogen-bond donors (Lipinski definition) is 1. The average molecular weight is 399 g/mol. The first-order chi connectivity index (χ1) is 12.2. The molecule has 7 nitrogen and oxygen atoms in total. The molecule has 2 rings (SSSR count). The second kappa shape index (κ2) is 8.07. The quantitative estimate of drug-likeness (QED) is 0.726. The molecule has 0 aliphatic heterocycles. The lowest BCUT2D eigenvalue weighted by atomic mass is 10.1. The Hall–Kier alpha value is -2.10. The number of sulfone groups is 1. The molecular formula is C17H21NO6S2. The van der Waals surface area contributed by atoms with Crippen molar-refractivity contribution in [3.05, 3.63) is 54.1 Å². The summed E-state index contributed by atoms with van der Waals surface area (Å²) in [4.78, 5) is -0.0513. The summed E-state index contributed by atoms with van der Waals surface area (Å²) >= 11 is 0. The summed E-state index contributed by atoms with van der Waals surface area (Å²) in [6, 6.07) is 11.8. The predicted molar refractivity (Wildman–Crippen MR) is 98.8 cm³/mol. The van der Waals surface area contributed by atoms with Gasteiger partial charge in [0, 0.05) is 12.3 Å². The van der Waals surface area contributed by atoms with Crippen LogP contribution >= 0.6 is 0 Å². The lowest BCUT2D eigenvalue weighted by molar-refractivity contribution is 0.354. The molecule has 0 radical (unpaired) electrons. The van der Waals surface area contributed by atoms with Gasteiger partial charge in [0.2, 0.25) is 10.0 Å². The molecule has 0 amide bonds. The van der Waals surface area contributed by atoms with Gasteiger partial charge < -0.3 is 9.47 Å². The molecule has 1 atom stereocenters. The van der Waals surface area contributed by atoms with E-state index in [-0.39, 0.29) is 16.4 Å². The maximum atomic E-state index is 12.8. The van der Waals surface area contributed by atoms with Gasteiger partial charge in [0.25, 0.3) is 0 Å². The van der Waals surface area contributed by atoms with Gasteiger partial charge in [-0.05, 0) is 17.7 Å². The summed E-state index contributed by atoms with van der Waals surface area (Å²) in [6.07, 6.45) is 1.06. The molecule has 142 valence electrons. The number of sulfonamides is 1. The molecule has 2 aromatic carbocycles. The summed E-state index contributed by atoms with van der Waals surface area (Å²) in [6.45, 7) is 0. The molecular weight excluding hydrogens is 378 g/mol. The molecule has 0 unspecified atom stereocenters. The van der Waals surface area contributed by atoms with Crippen molar-refractivity contribution in [2.75, 3.05) is 26.2 Å². The monoisotopic (exact) mass is 399 g/mol. The normalized spacial score (nSPS) is 13.2. The van der Waals surface area contributed by atoms with Gasteiger partial charge in [0.15, 0.2) is 11.5 Å². The minimum Gasteiger partial charge on any atom is -0.493 e. The Morgan fingerprint density at radius 2 is 1.54 bits per heavy atom. The van der Waals surface area contributed by atoms with Crippen LogP contribution in [0.25, 0.3) is 0 Å². The zero-order valence-corrected chi connectivity index (χ0v) is 16.3. The highest BCUT2D eigenvalue weighted by Gasteiger charge is 2.25. The SMILES string of the molecule is COc1ccc(S(=O)(=O)N[C@@H](CS(C)(=O)=O)c2ccccc2)cc1OC. The molecule has 0 saturated heterocycles. The van der Waals surface area contributed by atoms with Crippen LogP contribution in [0.1, 0.15) is 11.6 Å². The molecule has 2 aromatic rings. The number of rotatable bonds is 8. The van der Waals surface area contributed by atoms with Gasteiger partial charge in [-0.2, -0.15) is 0 Å². The molecule has 0 aliphatic rings. The number of benzene rings is 2. The van der Waals surface area contributed by atoms with E-state index in [4.69, 9.17) is 9.47 Å². The van der Waals surface area contributed by atoms with Crippen molar-refractivity contribution in [1.29, 1.82) is 0 Å². The zero-order chi connectivity index (χ0) is 19.4. The summed E-state index contributed by atoms with van der Waals surface area (Å²) < 4.78 is 61.7. The third-order valence-electron chi connectivity index (χ3n) is 3.63. The highest BCUT2D eigenvalue weighted by molar-refractivity contribution is 7.91. The largest absolute Gasteiger partial charge is 0.493 e. The van der Waals surface area contributed by atoms with Crippen LogP contribution in [0.3, 0.4) is 0 Å². The molecule has 0 aromatic heterocycles. The fraction of sp³-hybridized carbons (Fsp3) is 0.294. The summed E-state index contributed by atoms with van der Waals surface area (Å²) in [5, 5.41) is 0. The number of nitrogens with one attached hydrogen (secondary N) is 1.